The molecule has 0 unspecified atom stereocenters. The van der Waals surface area contributed by atoms with E-state index in [1.165, 1.54) is 6.92 Å². The summed E-state index contributed by atoms with van der Waals surface area (Å²) < 4.78 is 0. The zero-order valence-electron chi connectivity index (χ0n) is 7.62. The predicted octanol–water partition coefficient (Wildman–Crippen LogP) is 2.91. The van der Waals surface area contributed by atoms with Crippen LogP contribution in [0.2, 0.25) is 0 Å². The van der Waals surface area contributed by atoms with Gasteiger partial charge in [-0.1, -0.05) is 19.1 Å². The topological polar surface area (TPSA) is 43.1 Å². The van der Waals surface area contributed by atoms with Crippen LogP contribution in [0.1, 0.15) is 33.1 Å². The highest BCUT2D eigenvalue weighted by Crippen LogP contribution is 1.99. The molecular formula is C9H15NO2. The minimum Gasteiger partial charge on any atom is -0.259 e. The molecule has 0 spiro atoms. The van der Waals surface area contributed by atoms with Gasteiger partial charge in [0.1, 0.15) is 0 Å². The average molecular weight is 169 g/mol. The monoisotopic (exact) mass is 169 g/mol. The lowest BCUT2D eigenvalue weighted by Crippen LogP contribution is -1.92. The number of rotatable bonds is 5. The van der Waals surface area contributed by atoms with Crippen molar-refractivity contribution in [1.29, 1.82) is 0 Å². The molecule has 0 aliphatic heterocycles. The quantitative estimate of drug-likeness (QED) is 0.275. The van der Waals surface area contributed by atoms with Gasteiger partial charge in [-0.2, -0.15) is 0 Å². The minimum atomic E-state index is -0.358. The number of hydrogen-bond acceptors (Lipinski definition) is 2. The van der Waals surface area contributed by atoms with Crippen LogP contribution in [0, 0.1) is 10.1 Å². The fourth-order valence-corrected chi connectivity index (χ4v) is 0.747. The number of nitro groups is 1. The molecule has 0 aliphatic rings. The summed E-state index contributed by atoms with van der Waals surface area (Å²) in [5.74, 6) is 0. The molecule has 0 rings (SSSR count). The Hall–Kier alpha value is -1.12. The van der Waals surface area contributed by atoms with Crippen molar-refractivity contribution in [2.24, 2.45) is 0 Å². The van der Waals surface area contributed by atoms with Crippen LogP contribution in [0.15, 0.2) is 23.9 Å². The van der Waals surface area contributed by atoms with Crippen molar-refractivity contribution in [2.45, 2.75) is 33.1 Å². The van der Waals surface area contributed by atoms with Crippen LogP contribution in [-0.4, -0.2) is 4.92 Å². The first kappa shape index (κ1) is 10.9. The molecule has 0 saturated heterocycles. The molecule has 0 aromatic heterocycles. The van der Waals surface area contributed by atoms with Crippen molar-refractivity contribution >= 4 is 0 Å². The first-order valence-electron chi connectivity index (χ1n) is 4.14. The van der Waals surface area contributed by atoms with Crippen molar-refractivity contribution < 1.29 is 4.92 Å². The second kappa shape index (κ2) is 6.58. The maximum absolute atomic E-state index is 10.1. The lowest BCUT2D eigenvalue weighted by molar-refractivity contribution is -0.424. The summed E-state index contributed by atoms with van der Waals surface area (Å²) in [6.07, 6.45) is 8.43. The van der Waals surface area contributed by atoms with E-state index in [0.717, 1.165) is 19.3 Å². The molecule has 0 radical (unpaired) electrons. The average Bonchev–Trinajstić information content (AvgIpc) is 2.03. The van der Waals surface area contributed by atoms with Crippen molar-refractivity contribution in [3.8, 4) is 0 Å². The van der Waals surface area contributed by atoms with Gasteiger partial charge in [-0.25, -0.2) is 0 Å². The normalized spacial score (nSPS) is 12.3. The molecule has 68 valence electrons. The van der Waals surface area contributed by atoms with E-state index in [0.29, 0.717) is 0 Å². The van der Waals surface area contributed by atoms with Gasteiger partial charge in [-0.3, -0.25) is 10.1 Å². The number of nitrogens with zero attached hydrogens (tertiary/aromatic N) is 1. The largest absolute Gasteiger partial charge is 0.259 e. The van der Waals surface area contributed by atoms with Crippen LogP contribution in [0.4, 0.5) is 0 Å². The molecular weight excluding hydrogens is 154 g/mol. The third-order valence-corrected chi connectivity index (χ3v) is 1.46. The van der Waals surface area contributed by atoms with Gasteiger partial charge >= 0.3 is 0 Å². The molecule has 0 heterocycles. The molecule has 0 saturated carbocycles. The maximum Gasteiger partial charge on any atom is 0.239 e. The van der Waals surface area contributed by atoms with E-state index in [1.807, 2.05) is 6.08 Å². The van der Waals surface area contributed by atoms with Crippen molar-refractivity contribution in [3.63, 3.8) is 0 Å². The van der Waals surface area contributed by atoms with Gasteiger partial charge in [0.25, 0.3) is 0 Å². The Kier molecular flexibility index (Phi) is 5.97. The second-order valence-corrected chi connectivity index (χ2v) is 2.56. The van der Waals surface area contributed by atoms with E-state index >= 15 is 0 Å². The Labute approximate surface area is 72.9 Å². The van der Waals surface area contributed by atoms with Crippen LogP contribution < -0.4 is 0 Å². The number of unbranched alkanes of at least 4 members (excludes halogenated alkanes) is 1. The fraction of sp³-hybridized carbons (Fsp3) is 0.556. The smallest absolute Gasteiger partial charge is 0.239 e. The highest BCUT2D eigenvalue weighted by Gasteiger charge is 1.98. The third-order valence-electron chi connectivity index (χ3n) is 1.46. The summed E-state index contributed by atoms with van der Waals surface area (Å²) in [5, 5.41) is 10.1. The van der Waals surface area contributed by atoms with E-state index in [1.54, 1.807) is 6.08 Å². The number of allylic oxidation sites excluding steroid dienone is 4. The molecule has 0 N–H and O–H groups in total. The summed E-state index contributed by atoms with van der Waals surface area (Å²) in [6.45, 7) is 3.58. The molecule has 0 amide bonds. The Balaban J connectivity index is 3.60. The maximum atomic E-state index is 10.1. The van der Waals surface area contributed by atoms with Gasteiger partial charge in [0.15, 0.2) is 0 Å². The SMILES string of the molecule is CCC=CCC/C=C(\C)[N+](=O)[O-]. The van der Waals surface area contributed by atoms with Crippen molar-refractivity contribution in [2.75, 3.05) is 0 Å². The van der Waals surface area contributed by atoms with Gasteiger partial charge in [0.05, 0.1) is 4.92 Å². The fourth-order valence-electron chi connectivity index (χ4n) is 0.747. The first-order chi connectivity index (χ1) is 5.68. The molecule has 12 heavy (non-hydrogen) atoms. The molecule has 0 aliphatic carbocycles. The molecule has 0 atom stereocenters. The van der Waals surface area contributed by atoms with Crippen LogP contribution in [0.5, 0.6) is 0 Å². The van der Waals surface area contributed by atoms with Crippen molar-refractivity contribution in [3.05, 3.63) is 34.0 Å². The third kappa shape index (κ3) is 5.65. The van der Waals surface area contributed by atoms with Crippen LogP contribution >= 0.6 is 0 Å². The van der Waals surface area contributed by atoms with E-state index in [9.17, 15) is 10.1 Å². The van der Waals surface area contributed by atoms with E-state index in [2.05, 4.69) is 13.0 Å². The van der Waals surface area contributed by atoms with Crippen LogP contribution in [-0.2, 0) is 0 Å². The van der Waals surface area contributed by atoms with Gasteiger partial charge < -0.3 is 0 Å². The Morgan fingerprint density at radius 2 is 2.08 bits per heavy atom. The van der Waals surface area contributed by atoms with Gasteiger partial charge in [-0.05, 0) is 25.3 Å². The molecule has 0 aromatic carbocycles. The van der Waals surface area contributed by atoms with Crippen LogP contribution in [0.25, 0.3) is 0 Å². The molecule has 0 bridgehead atoms. The van der Waals surface area contributed by atoms with Crippen LogP contribution in [0.3, 0.4) is 0 Å². The van der Waals surface area contributed by atoms with Crippen molar-refractivity contribution in [1.82, 2.24) is 0 Å². The van der Waals surface area contributed by atoms with E-state index < -0.39 is 0 Å². The Bertz CT molecular complexity index is 195. The van der Waals surface area contributed by atoms with E-state index in [-0.39, 0.29) is 10.6 Å². The lowest BCUT2D eigenvalue weighted by Gasteiger charge is -1.88. The zero-order valence-corrected chi connectivity index (χ0v) is 7.62. The Morgan fingerprint density at radius 1 is 1.42 bits per heavy atom. The standard InChI is InChI=1S/C9H15NO2/c1-3-4-5-6-7-8-9(2)10(11)12/h4-5,8H,3,6-7H2,1-2H3/b5-4?,9-8+. The van der Waals surface area contributed by atoms with Gasteiger partial charge in [0, 0.05) is 6.92 Å². The summed E-state index contributed by atoms with van der Waals surface area (Å²) in [6, 6.07) is 0. The first-order valence-corrected chi connectivity index (χ1v) is 4.14. The zero-order chi connectivity index (χ0) is 9.40. The Morgan fingerprint density at radius 3 is 2.58 bits per heavy atom. The molecule has 0 fully saturated rings. The minimum absolute atomic E-state index is 0.236. The predicted molar refractivity (Wildman–Crippen MR) is 49.4 cm³/mol. The lowest BCUT2D eigenvalue weighted by atomic mass is 10.2. The van der Waals surface area contributed by atoms with E-state index in [4.69, 9.17) is 0 Å². The molecule has 3 nitrogen and oxygen atoms in total. The number of hydrogen-bond donors (Lipinski definition) is 0. The highest BCUT2D eigenvalue weighted by molar-refractivity contribution is 4.90. The molecule has 3 heteroatoms. The summed E-state index contributed by atoms with van der Waals surface area (Å²) in [4.78, 5) is 9.78. The highest BCUT2D eigenvalue weighted by atomic mass is 16.6. The molecule has 0 aromatic rings. The second-order valence-electron chi connectivity index (χ2n) is 2.56. The summed E-state index contributed by atoms with van der Waals surface area (Å²) >= 11 is 0. The van der Waals surface area contributed by atoms with Gasteiger partial charge in [0.2, 0.25) is 5.70 Å². The summed E-state index contributed by atoms with van der Waals surface area (Å²) in [5.41, 5.74) is 0.236. The summed E-state index contributed by atoms with van der Waals surface area (Å²) in [7, 11) is 0. The van der Waals surface area contributed by atoms with Gasteiger partial charge in [-0.15, -0.1) is 0 Å².